The number of nitrogens with one attached hydrogen (secondary N) is 1. The van der Waals surface area contributed by atoms with Gasteiger partial charge in [-0.3, -0.25) is 18.9 Å². The molecular formula is C26H25Cl2N3O5S. The van der Waals surface area contributed by atoms with E-state index in [0.717, 1.165) is 5.56 Å². The van der Waals surface area contributed by atoms with E-state index in [0.29, 0.717) is 16.9 Å². The van der Waals surface area contributed by atoms with Crippen molar-refractivity contribution in [1.82, 2.24) is 10.3 Å². The predicted octanol–water partition coefficient (Wildman–Crippen LogP) is 3.74. The number of nitrogens with zero attached hydrogens (tertiary/aromatic N) is 2. The number of carbonyl (C=O) groups is 2. The maximum atomic E-state index is 13.7. The number of sulfonamides is 1. The number of hydrogen-bond acceptors (Lipinski definition) is 6. The van der Waals surface area contributed by atoms with Crippen LogP contribution in [0.2, 0.25) is 10.0 Å². The number of Topliss-reactive ketones (excluding diaryl/α,β-unsaturated/α-hetero) is 1. The fraction of sp³-hybridized carbons (Fsp3) is 0.269. The lowest BCUT2D eigenvalue weighted by Crippen LogP contribution is -2.52. The first kappa shape index (κ1) is 27.1. The van der Waals surface area contributed by atoms with Crippen molar-refractivity contribution in [3.8, 4) is 0 Å². The molecule has 0 radical (unpaired) electrons. The van der Waals surface area contributed by atoms with Gasteiger partial charge in [0.15, 0.2) is 5.78 Å². The number of aliphatic hydroxyl groups excluding tert-OH is 1. The summed E-state index contributed by atoms with van der Waals surface area (Å²) in [6, 6.07) is 12.3. The molecule has 0 spiro atoms. The van der Waals surface area contributed by atoms with Crippen LogP contribution in [0, 0.1) is 6.92 Å². The predicted molar refractivity (Wildman–Crippen MR) is 142 cm³/mol. The maximum absolute atomic E-state index is 13.7. The van der Waals surface area contributed by atoms with Gasteiger partial charge in [0.25, 0.3) is 10.0 Å². The summed E-state index contributed by atoms with van der Waals surface area (Å²) in [6.07, 6.45) is 0.404. The molecule has 2 N–H and O–H groups in total. The van der Waals surface area contributed by atoms with Gasteiger partial charge in [0.05, 0.1) is 44.5 Å². The number of pyridine rings is 1. The molecule has 11 heteroatoms. The molecule has 0 bridgehead atoms. The number of aromatic nitrogens is 1. The molecule has 2 aromatic carbocycles. The van der Waals surface area contributed by atoms with Crippen molar-refractivity contribution in [3.63, 3.8) is 0 Å². The van der Waals surface area contributed by atoms with Gasteiger partial charge in [-0.05, 0) is 55.3 Å². The lowest BCUT2D eigenvalue weighted by molar-refractivity contribution is -0.129. The summed E-state index contributed by atoms with van der Waals surface area (Å²) in [5.41, 5.74) is 2.20. The molecule has 0 fully saturated rings. The molecule has 0 aliphatic carbocycles. The first-order valence-corrected chi connectivity index (χ1v) is 13.7. The van der Waals surface area contributed by atoms with Gasteiger partial charge in [0.2, 0.25) is 5.91 Å². The number of aliphatic hydroxyl groups is 1. The average Bonchev–Trinajstić information content (AvgIpc) is 2.83. The lowest BCUT2D eigenvalue weighted by atomic mass is 10.00. The Bertz CT molecular complexity index is 1460. The second kappa shape index (κ2) is 10.8. The zero-order valence-electron chi connectivity index (χ0n) is 20.1. The molecule has 194 valence electrons. The minimum Gasteiger partial charge on any atom is -0.384 e. The van der Waals surface area contributed by atoms with Crippen molar-refractivity contribution < 1.29 is 23.1 Å². The quantitative estimate of drug-likeness (QED) is 0.424. The molecule has 0 saturated carbocycles. The number of amides is 1. The van der Waals surface area contributed by atoms with Crippen LogP contribution in [0.3, 0.4) is 0 Å². The topological polar surface area (TPSA) is 117 Å². The Balaban J connectivity index is 1.73. The highest BCUT2D eigenvalue weighted by molar-refractivity contribution is 7.92. The van der Waals surface area contributed by atoms with Gasteiger partial charge < -0.3 is 10.4 Å². The SMILES string of the molecule is Cc1cccc(S(=O)(=O)N2C[C@H](NC(=O)[C@H](C)O)Cc3ncc(CC(=O)c4c(Cl)cccc4Cl)cc32)c1. The van der Waals surface area contributed by atoms with E-state index < -0.39 is 28.1 Å². The van der Waals surface area contributed by atoms with E-state index in [4.69, 9.17) is 23.2 Å². The monoisotopic (exact) mass is 561 g/mol. The minimum atomic E-state index is -4.05. The average molecular weight is 562 g/mol. The van der Waals surface area contributed by atoms with Crippen molar-refractivity contribution in [2.75, 3.05) is 10.8 Å². The van der Waals surface area contributed by atoms with E-state index in [2.05, 4.69) is 10.3 Å². The Hall–Kier alpha value is -2.98. The van der Waals surface area contributed by atoms with Gasteiger partial charge in [0, 0.05) is 19.0 Å². The van der Waals surface area contributed by atoms with Gasteiger partial charge in [-0.15, -0.1) is 0 Å². The number of carbonyl (C=O) groups excluding carboxylic acids is 2. The largest absolute Gasteiger partial charge is 0.384 e. The Kier molecular flexibility index (Phi) is 7.89. The minimum absolute atomic E-state index is 0.0723. The number of rotatable bonds is 7. The number of halogens is 2. The zero-order chi connectivity index (χ0) is 26.9. The summed E-state index contributed by atoms with van der Waals surface area (Å²) >= 11 is 12.4. The van der Waals surface area contributed by atoms with Crippen LogP contribution in [0.15, 0.2) is 59.6 Å². The molecule has 1 aromatic heterocycles. The third kappa shape index (κ3) is 5.80. The van der Waals surface area contributed by atoms with Gasteiger partial charge in [-0.2, -0.15) is 0 Å². The Morgan fingerprint density at radius 3 is 2.49 bits per heavy atom. The van der Waals surface area contributed by atoms with Crippen LogP contribution in [-0.4, -0.2) is 48.9 Å². The fourth-order valence-corrected chi connectivity index (χ4v) is 6.42. The molecule has 4 rings (SSSR count). The fourth-order valence-electron chi connectivity index (χ4n) is 4.18. The van der Waals surface area contributed by atoms with E-state index in [-0.39, 0.29) is 45.7 Å². The number of anilines is 1. The van der Waals surface area contributed by atoms with Crippen molar-refractivity contribution in [2.45, 2.75) is 43.7 Å². The Morgan fingerprint density at radius 2 is 1.84 bits per heavy atom. The van der Waals surface area contributed by atoms with E-state index in [1.54, 1.807) is 49.4 Å². The standard InChI is InChI=1S/C26H25Cl2N3O5S/c1-15-5-3-6-19(9-15)37(35,36)31-14-18(30-26(34)16(2)32)12-22-23(31)10-17(13-29-22)11-24(33)25-20(27)7-4-8-21(25)28/h3-10,13,16,18,32H,11-12,14H2,1-2H3,(H,30,34)/t16-,18+/m0/s1. The molecule has 1 aliphatic heterocycles. The van der Waals surface area contributed by atoms with Gasteiger partial charge in [0.1, 0.15) is 6.10 Å². The summed E-state index contributed by atoms with van der Waals surface area (Å²) in [4.78, 5) is 29.7. The first-order chi connectivity index (χ1) is 17.5. The summed E-state index contributed by atoms with van der Waals surface area (Å²) in [5, 5.41) is 12.8. The summed E-state index contributed by atoms with van der Waals surface area (Å²) in [6.45, 7) is 3.05. The van der Waals surface area contributed by atoms with E-state index in [9.17, 15) is 23.1 Å². The third-order valence-electron chi connectivity index (χ3n) is 6.01. The number of hydrogen-bond donors (Lipinski definition) is 2. The molecule has 1 aliphatic rings. The van der Waals surface area contributed by atoms with E-state index in [1.165, 1.54) is 23.5 Å². The van der Waals surface area contributed by atoms with Crippen molar-refractivity contribution in [3.05, 3.63) is 87.2 Å². The highest BCUT2D eigenvalue weighted by atomic mass is 35.5. The maximum Gasteiger partial charge on any atom is 0.264 e. The second-order valence-electron chi connectivity index (χ2n) is 8.94. The van der Waals surface area contributed by atoms with Gasteiger partial charge in [-0.25, -0.2) is 8.42 Å². The van der Waals surface area contributed by atoms with Crippen LogP contribution in [0.4, 0.5) is 5.69 Å². The normalized spacial score (nSPS) is 16.1. The highest BCUT2D eigenvalue weighted by Gasteiger charge is 2.35. The smallest absolute Gasteiger partial charge is 0.264 e. The second-order valence-corrected chi connectivity index (χ2v) is 11.6. The zero-order valence-corrected chi connectivity index (χ0v) is 22.4. The van der Waals surface area contributed by atoms with Gasteiger partial charge in [-0.1, -0.05) is 41.4 Å². The van der Waals surface area contributed by atoms with Gasteiger partial charge >= 0.3 is 0 Å². The molecule has 8 nitrogen and oxygen atoms in total. The molecule has 2 heterocycles. The van der Waals surface area contributed by atoms with Crippen LogP contribution < -0.4 is 9.62 Å². The van der Waals surface area contributed by atoms with E-state index in [1.807, 2.05) is 0 Å². The molecule has 37 heavy (non-hydrogen) atoms. The molecule has 0 saturated heterocycles. The Labute approximate surface area is 225 Å². The summed E-state index contributed by atoms with van der Waals surface area (Å²) < 4.78 is 28.7. The van der Waals surface area contributed by atoms with Crippen LogP contribution >= 0.6 is 23.2 Å². The summed E-state index contributed by atoms with van der Waals surface area (Å²) in [7, 11) is -4.05. The number of aryl methyl sites for hydroxylation is 1. The van der Waals surface area contributed by atoms with Crippen LogP contribution in [-0.2, 0) is 27.7 Å². The Morgan fingerprint density at radius 1 is 1.16 bits per heavy atom. The van der Waals surface area contributed by atoms with Crippen LogP contribution in [0.5, 0.6) is 0 Å². The van der Waals surface area contributed by atoms with Crippen LogP contribution in [0.1, 0.15) is 34.1 Å². The lowest BCUT2D eigenvalue weighted by Gasteiger charge is -2.35. The number of fused-ring (bicyclic) bond motifs is 1. The van der Waals surface area contributed by atoms with Crippen molar-refractivity contribution in [1.29, 1.82) is 0 Å². The molecule has 2 atom stereocenters. The number of benzene rings is 2. The molecule has 0 unspecified atom stereocenters. The third-order valence-corrected chi connectivity index (χ3v) is 8.41. The van der Waals surface area contributed by atoms with Crippen molar-refractivity contribution >= 4 is 50.6 Å². The molecular weight excluding hydrogens is 537 g/mol. The molecule has 3 aromatic rings. The summed E-state index contributed by atoms with van der Waals surface area (Å²) in [5.74, 6) is -0.941. The van der Waals surface area contributed by atoms with E-state index >= 15 is 0 Å². The first-order valence-electron chi connectivity index (χ1n) is 11.5. The highest BCUT2D eigenvalue weighted by Crippen LogP contribution is 2.33. The molecule has 1 amide bonds. The van der Waals surface area contributed by atoms with Crippen molar-refractivity contribution in [2.24, 2.45) is 0 Å². The van der Waals surface area contributed by atoms with Crippen LogP contribution in [0.25, 0.3) is 0 Å². The number of ketones is 1.